The van der Waals surface area contributed by atoms with E-state index in [1.807, 2.05) is 13.8 Å². The molecule has 0 unspecified atom stereocenters. The Balaban J connectivity index is 1.70. The fraction of sp³-hybridized carbons (Fsp3) is 0.375. The fourth-order valence-corrected chi connectivity index (χ4v) is 5.88. The number of rotatable bonds is 3. The summed E-state index contributed by atoms with van der Waals surface area (Å²) in [4.78, 5) is 20.2. The van der Waals surface area contributed by atoms with Crippen molar-refractivity contribution in [1.29, 1.82) is 0 Å². The number of amides is 1. The summed E-state index contributed by atoms with van der Waals surface area (Å²) in [5.41, 5.74) is 0.449. The van der Waals surface area contributed by atoms with Crippen LogP contribution >= 0.6 is 22.9 Å². The lowest BCUT2D eigenvalue weighted by Crippen LogP contribution is -2.50. The molecule has 1 amide bonds. The van der Waals surface area contributed by atoms with Gasteiger partial charge in [-0.15, -0.1) is 11.3 Å². The molecule has 0 radical (unpaired) electrons. The SMILES string of the molecule is Cc1cc(S(=O)(=O)N2CCN(C(=O)c3ccc(Cl)nc3)CC2)c(C)s1. The minimum Gasteiger partial charge on any atom is -0.336 e. The maximum Gasteiger partial charge on any atom is 0.255 e. The predicted molar refractivity (Wildman–Crippen MR) is 97.7 cm³/mol. The number of nitrogens with zero attached hydrogens (tertiary/aromatic N) is 3. The summed E-state index contributed by atoms with van der Waals surface area (Å²) in [6.07, 6.45) is 1.44. The van der Waals surface area contributed by atoms with Gasteiger partial charge in [-0.25, -0.2) is 13.4 Å². The van der Waals surface area contributed by atoms with Crippen molar-refractivity contribution in [2.45, 2.75) is 18.7 Å². The molecule has 1 aliphatic heterocycles. The van der Waals surface area contributed by atoms with Crippen molar-refractivity contribution in [3.05, 3.63) is 44.9 Å². The van der Waals surface area contributed by atoms with E-state index in [4.69, 9.17) is 11.6 Å². The summed E-state index contributed by atoms with van der Waals surface area (Å²) in [7, 11) is -3.52. The van der Waals surface area contributed by atoms with E-state index in [9.17, 15) is 13.2 Å². The maximum atomic E-state index is 12.8. The van der Waals surface area contributed by atoms with Gasteiger partial charge in [0, 0.05) is 42.1 Å². The summed E-state index contributed by atoms with van der Waals surface area (Å²) in [6, 6.07) is 4.90. The Bertz CT molecular complexity index is 886. The molecule has 1 fully saturated rings. The second-order valence-electron chi connectivity index (χ2n) is 5.84. The first-order valence-electron chi connectivity index (χ1n) is 7.77. The highest BCUT2D eigenvalue weighted by Crippen LogP contribution is 2.28. The monoisotopic (exact) mass is 399 g/mol. The summed E-state index contributed by atoms with van der Waals surface area (Å²) in [6.45, 7) is 4.98. The number of hydrogen-bond donors (Lipinski definition) is 0. The van der Waals surface area contributed by atoms with E-state index in [-0.39, 0.29) is 19.0 Å². The van der Waals surface area contributed by atoms with Crippen LogP contribution in [0, 0.1) is 13.8 Å². The minimum atomic E-state index is -3.52. The normalized spacial score (nSPS) is 16.2. The minimum absolute atomic E-state index is 0.163. The van der Waals surface area contributed by atoms with E-state index in [0.717, 1.165) is 9.75 Å². The van der Waals surface area contributed by atoms with Crippen LogP contribution in [0.5, 0.6) is 0 Å². The third-order valence-electron chi connectivity index (χ3n) is 4.11. The van der Waals surface area contributed by atoms with Crippen molar-refractivity contribution in [2.75, 3.05) is 26.2 Å². The van der Waals surface area contributed by atoms with Crippen LogP contribution in [0.3, 0.4) is 0 Å². The van der Waals surface area contributed by atoms with Crippen molar-refractivity contribution >= 4 is 38.9 Å². The van der Waals surface area contributed by atoms with E-state index in [2.05, 4.69) is 4.98 Å². The van der Waals surface area contributed by atoms with Gasteiger partial charge >= 0.3 is 0 Å². The molecule has 3 heterocycles. The van der Waals surface area contributed by atoms with Crippen molar-refractivity contribution in [3.63, 3.8) is 0 Å². The fourth-order valence-electron chi connectivity index (χ4n) is 2.82. The summed E-state index contributed by atoms with van der Waals surface area (Å²) in [5.74, 6) is -0.163. The number of thiophene rings is 1. The Morgan fingerprint density at radius 3 is 2.40 bits per heavy atom. The topological polar surface area (TPSA) is 70.6 Å². The van der Waals surface area contributed by atoms with Crippen molar-refractivity contribution < 1.29 is 13.2 Å². The first-order valence-corrected chi connectivity index (χ1v) is 10.4. The average molecular weight is 400 g/mol. The molecule has 0 bridgehead atoms. The number of halogens is 1. The molecular formula is C16H18ClN3O3S2. The highest BCUT2D eigenvalue weighted by Gasteiger charge is 2.32. The largest absolute Gasteiger partial charge is 0.336 e. The van der Waals surface area contributed by atoms with Gasteiger partial charge in [0.15, 0.2) is 0 Å². The molecule has 3 rings (SSSR count). The van der Waals surface area contributed by atoms with Crippen LogP contribution in [-0.4, -0.2) is 54.7 Å². The van der Waals surface area contributed by atoms with Crippen LogP contribution in [0.15, 0.2) is 29.3 Å². The Labute approximate surface area is 156 Å². The van der Waals surface area contributed by atoms with Gasteiger partial charge < -0.3 is 4.90 Å². The van der Waals surface area contributed by atoms with Gasteiger partial charge in [-0.2, -0.15) is 4.31 Å². The van der Waals surface area contributed by atoms with Gasteiger partial charge in [-0.05, 0) is 32.0 Å². The van der Waals surface area contributed by atoms with Gasteiger partial charge in [0.1, 0.15) is 5.15 Å². The maximum absolute atomic E-state index is 12.8. The standard InChI is InChI=1S/C16H18ClN3O3S2/c1-11-9-14(12(2)24-11)25(22,23)20-7-5-19(6-8-20)16(21)13-3-4-15(17)18-10-13/h3-4,9-10H,5-8H2,1-2H3. The van der Waals surface area contributed by atoms with Crippen LogP contribution < -0.4 is 0 Å². The van der Waals surface area contributed by atoms with Gasteiger partial charge in [0.05, 0.1) is 10.5 Å². The van der Waals surface area contributed by atoms with Crippen molar-refractivity contribution in [1.82, 2.24) is 14.2 Å². The second kappa shape index (κ2) is 7.03. The molecule has 0 saturated carbocycles. The second-order valence-corrected chi connectivity index (χ2v) is 9.60. The van der Waals surface area contributed by atoms with E-state index in [1.54, 1.807) is 23.1 Å². The number of pyridine rings is 1. The van der Waals surface area contributed by atoms with E-state index < -0.39 is 10.0 Å². The third kappa shape index (κ3) is 3.72. The van der Waals surface area contributed by atoms with E-state index >= 15 is 0 Å². The predicted octanol–water partition coefficient (Wildman–Crippen LogP) is 2.56. The zero-order valence-corrected chi connectivity index (χ0v) is 16.3. The van der Waals surface area contributed by atoms with Crippen LogP contribution in [0.4, 0.5) is 0 Å². The van der Waals surface area contributed by atoms with Gasteiger partial charge in [-0.1, -0.05) is 11.6 Å². The molecule has 25 heavy (non-hydrogen) atoms. The van der Waals surface area contributed by atoms with Crippen LogP contribution in [0.2, 0.25) is 5.15 Å². The van der Waals surface area contributed by atoms with Crippen molar-refractivity contribution in [2.24, 2.45) is 0 Å². The lowest BCUT2D eigenvalue weighted by atomic mass is 10.2. The van der Waals surface area contributed by atoms with Crippen LogP contribution in [0.25, 0.3) is 0 Å². The number of aromatic nitrogens is 1. The summed E-state index contributed by atoms with van der Waals surface area (Å²) in [5, 5.41) is 0.328. The molecule has 0 aromatic carbocycles. The third-order valence-corrected chi connectivity index (χ3v) is 7.46. The lowest BCUT2D eigenvalue weighted by molar-refractivity contribution is 0.0697. The number of carbonyl (C=O) groups excluding carboxylic acids is 1. The molecule has 1 aliphatic rings. The van der Waals surface area contributed by atoms with Gasteiger partial charge in [0.2, 0.25) is 10.0 Å². The number of piperazine rings is 1. The Morgan fingerprint density at radius 2 is 1.88 bits per heavy atom. The molecule has 0 spiro atoms. The first kappa shape index (κ1) is 18.3. The number of aryl methyl sites for hydroxylation is 2. The highest BCUT2D eigenvalue weighted by molar-refractivity contribution is 7.89. The molecule has 9 heteroatoms. The highest BCUT2D eigenvalue weighted by atomic mass is 35.5. The number of sulfonamides is 1. The number of carbonyl (C=O) groups is 1. The molecule has 2 aromatic rings. The van der Waals surface area contributed by atoms with Crippen molar-refractivity contribution in [3.8, 4) is 0 Å². The molecule has 6 nitrogen and oxygen atoms in total. The zero-order chi connectivity index (χ0) is 18.2. The Morgan fingerprint density at radius 1 is 1.20 bits per heavy atom. The Hall–Kier alpha value is -1.48. The molecular weight excluding hydrogens is 382 g/mol. The van der Waals surface area contributed by atoms with Crippen LogP contribution in [0.1, 0.15) is 20.1 Å². The summed E-state index contributed by atoms with van der Waals surface area (Å²) >= 11 is 7.21. The smallest absolute Gasteiger partial charge is 0.255 e. The van der Waals surface area contributed by atoms with E-state index in [0.29, 0.717) is 28.7 Å². The van der Waals surface area contributed by atoms with Gasteiger partial charge in [0.25, 0.3) is 5.91 Å². The molecule has 0 aliphatic carbocycles. The first-order chi connectivity index (χ1) is 11.8. The zero-order valence-electron chi connectivity index (χ0n) is 13.9. The molecule has 1 saturated heterocycles. The average Bonchev–Trinajstić information content (AvgIpc) is 2.94. The lowest BCUT2D eigenvalue weighted by Gasteiger charge is -2.34. The quantitative estimate of drug-likeness (QED) is 0.743. The summed E-state index contributed by atoms with van der Waals surface area (Å²) < 4.78 is 27.1. The number of hydrogen-bond acceptors (Lipinski definition) is 5. The van der Waals surface area contributed by atoms with Gasteiger partial charge in [-0.3, -0.25) is 4.79 Å². The van der Waals surface area contributed by atoms with E-state index in [1.165, 1.54) is 21.8 Å². The molecule has 134 valence electrons. The molecule has 0 atom stereocenters. The molecule has 2 aromatic heterocycles. The Kier molecular flexibility index (Phi) is 5.15. The molecule has 0 N–H and O–H groups in total. The van der Waals surface area contributed by atoms with Crippen LogP contribution in [-0.2, 0) is 10.0 Å².